The lowest BCUT2D eigenvalue weighted by atomic mass is 10.00. The molecule has 0 atom stereocenters. The second-order valence-electron chi connectivity index (χ2n) is 6.97. The van der Waals surface area contributed by atoms with Gasteiger partial charge >= 0.3 is 6.03 Å². The van der Waals surface area contributed by atoms with Crippen molar-refractivity contribution < 1.29 is 4.79 Å². The molecule has 3 rings (SSSR count). The number of carbonyl (C=O) groups excluding carboxylic acids is 1. The first-order valence-electron chi connectivity index (χ1n) is 7.82. The van der Waals surface area contributed by atoms with Gasteiger partial charge in [-0.3, -0.25) is 4.68 Å². The lowest BCUT2D eigenvalue weighted by Gasteiger charge is -2.29. The van der Waals surface area contributed by atoms with E-state index in [2.05, 4.69) is 31.2 Å². The van der Waals surface area contributed by atoms with E-state index in [1.54, 1.807) is 17.2 Å². The molecule has 2 amide bonds. The molecule has 1 aromatic heterocycles. The highest BCUT2D eigenvalue weighted by Gasteiger charge is 2.23. The molecule has 1 aliphatic heterocycles. The van der Waals surface area contributed by atoms with E-state index in [1.165, 1.54) is 0 Å². The maximum atomic E-state index is 12.5. The Morgan fingerprint density at radius 2 is 2.04 bits per heavy atom. The van der Waals surface area contributed by atoms with Gasteiger partial charge in [-0.2, -0.15) is 5.10 Å². The Morgan fingerprint density at radius 3 is 2.71 bits per heavy atom. The van der Waals surface area contributed by atoms with Crippen LogP contribution in [0.1, 0.15) is 31.9 Å². The standard InChI is InChI=1S/C17H20Cl2N4O/c1-17(2,3)23-10-13(8-20-23)21-16(24)22-5-4-14-11(9-22)6-12(18)7-15(14)19/h6-8,10H,4-5,9H2,1-3H3,(H,21,24). The monoisotopic (exact) mass is 366 g/mol. The summed E-state index contributed by atoms with van der Waals surface area (Å²) >= 11 is 12.3. The average molecular weight is 367 g/mol. The third kappa shape index (κ3) is 3.52. The molecule has 2 aromatic rings. The molecule has 0 saturated heterocycles. The molecule has 0 spiro atoms. The Bertz CT molecular complexity index is 779. The summed E-state index contributed by atoms with van der Waals surface area (Å²) in [6, 6.07) is 3.48. The van der Waals surface area contributed by atoms with Gasteiger partial charge in [0.25, 0.3) is 0 Å². The molecule has 2 heterocycles. The lowest BCUT2D eigenvalue weighted by Crippen LogP contribution is -2.39. The molecule has 24 heavy (non-hydrogen) atoms. The second kappa shape index (κ2) is 6.30. The number of rotatable bonds is 1. The largest absolute Gasteiger partial charge is 0.322 e. The molecular formula is C17H20Cl2N4O. The quantitative estimate of drug-likeness (QED) is 0.805. The van der Waals surface area contributed by atoms with Crippen molar-refractivity contribution in [1.29, 1.82) is 0 Å². The van der Waals surface area contributed by atoms with Gasteiger partial charge in [0.2, 0.25) is 0 Å². The highest BCUT2D eigenvalue weighted by molar-refractivity contribution is 6.35. The van der Waals surface area contributed by atoms with Gasteiger partial charge in [-0.1, -0.05) is 23.2 Å². The number of hydrogen-bond acceptors (Lipinski definition) is 2. The van der Waals surface area contributed by atoms with Crippen molar-refractivity contribution in [2.75, 3.05) is 11.9 Å². The zero-order valence-electron chi connectivity index (χ0n) is 13.9. The second-order valence-corrected chi connectivity index (χ2v) is 7.82. The number of halogens is 2. The van der Waals surface area contributed by atoms with E-state index in [4.69, 9.17) is 23.2 Å². The molecule has 1 N–H and O–H groups in total. The Labute approximate surface area is 151 Å². The van der Waals surface area contributed by atoms with Crippen LogP contribution in [0, 0.1) is 0 Å². The maximum absolute atomic E-state index is 12.5. The molecule has 1 aromatic carbocycles. The first-order chi connectivity index (χ1) is 11.2. The summed E-state index contributed by atoms with van der Waals surface area (Å²) in [5.74, 6) is 0. The summed E-state index contributed by atoms with van der Waals surface area (Å²) in [4.78, 5) is 14.3. The van der Waals surface area contributed by atoms with Gasteiger partial charge in [-0.25, -0.2) is 4.79 Å². The summed E-state index contributed by atoms with van der Waals surface area (Å²) in [6.45, 7) is 7.28. The number of carbonyl (C=O) groups is 1. The number of hydrogen-bond donors (Lipinski definition) is 1. The Morgan fingerprint density at radius 1 is 1.29 bits per heavy atom. The zero-order chi connectivity index (χ0) is 17.5. The summed E-state index contributed by atoms with van der Waals surface area (Å²) in [5, 5.41) is 8.46. The molecule has 0 bridgehead atoms. The van der Waals surface area contributed by atoms with Crippen molar-refractivity contribution in [3.63, 3.8) is 0 Å². The molecular weight excluding hydrogens is 347 g/mol. The normalized spacial score (nSPS) is 14.5. The van der Waals surface area contributed by atoms with Gasteiger partial charge in [0.1, 0.15) is 0 Å². The number of urea groups is 1. The van der Waals surface area contributed by atoms with E-state index in [1.807, 2.05) is 16.9 Å². The fraction of sp³-hybridized carbons (Fsp3) is 0.412. The summed E-state index contributed by atoms with van der Waals surface area (Å²) < 4.78 is 1.83. The fourth-order valence-electron chi connectivity index (χ4n) is 2.74. The molecule has 0 aliphatic carbocycles. The fourth-order valence-corrected chi connectivity index (χ4v) is 3.37. The molecule has 5 nitrogen and oxygen atoms in total. The Balaban J connectivity index is 1.71. The highest BCUT2D eigenvalue weighted by Crippen LogP contribution is 2.30. The minimum Gasteiger partial charge on any atom is -0.320 e. The van der Waals surface area contributed by atoms with Gasteiger partial charge in [0.05, 0.1) is 17.4 Å². The summed E-state index contributed by atoms with van der Waals surface area (Å²) in [6.07, 6.45) is 4.22. The van der Waals surface area contributed by atoms with Gasteiger partial charge in [0.15, 0.2) is 0 Å². The summed E-state index contributed by atoms with van der Waals surface area (Å²) in [5.41, 5.74) is 2.63. The minimum absolute atomic E-state index is 0.124. The number of fused-ring (bicyclic) bond motifs is 1. The van der Waals surface area contributed by atoms with Gasteiger partial charge < -0.3 is 10.2 Å². The Kier molecular flexibility index (Phi) is 4.49. The van der Waals surface area contributed by atoms with Crippen LogP contribution in [0.5, 0.6) is 0 Å². The average Bonchev–Trinajstić information content (AvgIpc) is 2.95. The minimum atomic E-state index is -0.148. The number of aromatic nitrogens is 2. The molecule has 0 saturated carbocycles. The van der Waals surface area contributed by atoms with Gasteiger partial charge in [0, 0.05) is 29.3 Å². The third-order valence-electron chi connectivity index (χ3n) is 4.05. The van der Waals surface area contributed by atoms with Crippen molar-refractivity contribution in [3.05, 3.63) is 45.7 Å². The third-order valence-corrected chi connectivity index (χ3v) is 4.61. The van der Waals surface area contributed by atoms with E-state index in [0.717, 1.165) is 17.5 Å². The van der Waals surface area contributed by atoms with Crippen LogP contribution < -0.4 is 5.32 Å². The van der Waals surface area contributed by atoms with Crippen LogP contribution in [0.25, 0.3) is 0 Å². The van der Waals surface area contributed by atoms with Crippen LogP contribution in [0.15, 0.2) is 24.5 Å². The molecule has 1 aliphatic rings. The van der Waals surface area contributed by atoms with Crippen LogP contribution in [-0.4, -0.2) is 27.3 Å². The first-order valence-corrected chi connectivity index (χ1v) is 8.57. The molecule has 0 radical (unpaired) electrons. The maximum Gasteiger partial charge on any atom is 0.322 e. The number of nitrogens with one attached hydrogen (secondary N) is 1. The SMILES string of the molecule is CC(C)(C)n1cc(NC(=O)N2CCc3c(Cl)cc(Cl)cc3C2)cn1. The predicted molar refractivity (Wildman–Crippen MR) is 96.8 cm³/mol. The molecule has 128 valence electrons. The van der Waals surface area contributed by atoms with Crippen LogP contribution in [0.2, 0.25) is 10.0 Å². The molecule has 7 heteroatoms. The Hall–Kier alpha value is -1.72. The van der Waals surface area contributed by atoms with Gasteiger partial charge in [-0.15, -0.1) is 0 Å². The van der Waals surface area contributed by atoms with E-state index >= 15 is 0 Å². The predicted octanol–water partition coefficient (Wildman–Crippen LogP) is 4.54. The summed E-state index contributed by atoms with van der Waals surface area (Å²) in [7, 11) is 0. The van der Waals surface area contributed by atoms with Crippen molar-refractivity contribution in [2.45, 2.75) is 39.3 Å². The van der Waals surface area contributed by atoms with E-state index in [-0.39, 0.29) is 11.6 Å². The van der Waals surface area contributed by atoms with Gasteiger partial charge in [-0.05, 0) is 50.5 Å². The topological polar surface area (TPSA) is 50.2 Å². The van der Waals surface area contributed by atoms with E-state index in [9.17, 15) is 4.79 Å². The van der Waals surface area contributed by atoms with Crippen LogP contribution in [0.4, 0.5) is 10.5 Å². The molecule has 0 unspecified atom stereocenters. The van der Waals surface area contributed by atoms with Crippen molar-refractivity contribution in [1.82, 2.24) is 14.7 Å². The van der Waals surface area contributed by atoms with E-state index in [0.29, 0.717) is 28.8 Å². The zero-order valence-corrected chi connectivity index (χ0v) is 15.4. The molecule has 0 fully saturated rings. The highest BCUT2D eigenvalue weighted by atomic mass is 35.5. The van der Waals surface area contributed by atoms with E-state index < -0.39 is 0 Å². The smallest absolute Gasteiger partial charge is 0.320 e. The van der Waals surface area contributed by atoms with Crippen LogP contribution in [-0.2, 0) is 18.5 Å². The number of amides is 2. The van der Waals surface area contributed by atoms with Crippen molar-refractivity contribution >= 4 is 34.9 Å². The van der Waals surface area contributed by atoms with Crippen molar-refractivity contribution in [3.8, 4) is 0 Å². The van der Waals surface area contributed by atoms with Crippen LogP contribution in [0.3, 0.4) is 0 Å². The lowest BCUT2D eigenvalue weighted by molar-refractivity contribution is 0.206. The van der Waals surface area contributed by atoms with Crippen LogP contribution >= 0.6 is 23.2 Å². The first kappa shape index (κ1) is 17.1. The number of nitrogens with zero attached hydrogens (tertiary/aromatic N) is 3. The number of anilines is 1. The number of benzene rings is 1. The van der Waals surface area contributed by atoms with Crippen molar-refractivity contribution in [2.24, 2.45) is 0 Å².